The molecular formula is C32H29BrN2O5. The minimum atomic E-state index is -0.788. The van der Waals surface area contributed by atoms with Gasteiger partial charge in [-0.05, 0) is 79.1 Å². The van der Waals surface area contributed by atoms with Gasteiger partial charge in [-0.3, -0.25) is 4.79 Å². The molecule has 1 unspecified atom stereocenters. The third-order valence-corrected chi connectivity index (χ3v) is 6.25. The van der Waals surface area contributed by atoms with Crippen LogP contribution in [-0.4, -0.2) is 30.8 Å². The van der Waals surface area contributed by atoms with E-state index < -0.39 is 18.0 Å². The molecular weight excluding hydrogens is 572 g/mol. The van der Waals surface area contributed by atoms with E-state index in [0.29, 0.717) is 35.0 Å². The zero-order valence-electron chi connectivity index (χ0n) is 22.2. The van der Waals surface area contributed by atoms with Gasteiger partial charge in [-0.2, -0.15) is 5.10 Å². The van der Waals surface area contributed by atoms with Crippen LogP contribution >= 0.6 is 15.9 Å². The van der Waals surface area contributed by atoms with E-state index in [0.717, 1.165) is 22.0 Å². The van der Waals surface area contributed by atoms with Gasteiger partial charge in [0.2, 0.25) is 0 Å². The van der Waals surface area contributed by atoms with Crippen LogP contribution < -0.4 is 19.6 Å². The molecule has 0 bridgehead atoms. The highest BCUT2D eigenvalue weighted by Gasteiger charge is 2.15. The van der Waals surface area contributed by atoms with Gasteiger partial charge >= 0.3 is 5.97 Å². The second-order valence-electron chi connectivity index (χ2n) is 8.83. The van der Waals surface area contributed by atoms with Gasteiger partial charge in [0.05, 0.1) is 18.4 Å². The maximum absolute atomic E-state index is 12.7. The third kappa shape index (κ3) is 8.04. The van der Waals surface area contributed by atoms with Crippen LogP contribution in [0.5, 0.6) is 17.2 Å². The molecule has 1 amide bonds. The van der Waals surface area contributed by atoms with Crippen molar-refractivity contribution in [1.29, 1.82) is 0 Å². The highest BCUT2D eigenvalue weighted by Crippen LogP contribution is 2.24. The average molecular weight is 601 g/mol. The fourth-order valence-electron chi connectivity index (χ4n) is 3.65. The number of benzene rings is 4. The third-order valence-electron chi connectivity index (χ3n) is 5.76. The predicted molar refractivity (Wildman–Crippen MR) is 159 cm³/mol. The molecule has 0 fully saturated rings. The lowest BCUT2D eigenvalue weighted by Crippen LogP contribution is -2.33. The van der Waals surface area contributed by atoms with E-state index in [1.165, 1.54) is 6.21 Å². The minimum absolute atomic E-state index is 0.292. The number of nitrogens with one attached hydrogen (secondary N) is 1. The summed E-state index contributed by atoms with van der Waals surface area (Å²) in [7, 11) is 0. The zero-order chi connectivity index (χ0) is 28.3. The summed E-state index contributed by atoms with van der Waals surface area (Å²) in [5.74, 6) is 0.594. The summed E-state index contributed by atoms with van der Waals surface area (Å²) in [6, 6.07) is 29.4. The first-order valence-electron chi connectivity index (χ1n) is 12.8. The number of nitrogens with zero attached hydrogens (tertiary/aromatic N) is 1. The van der Waals surface area contributed by atoms with Crippen molar-refractivity contribution < 1.29 is 23.8 Å². The maximum atomic E-state index is 12.7. The number of hydrogen-bond donors (Lipinski definition) is 1. The molecule has 7 nitrogen and oxygen atoms in total. The minimum Gasteiger partial charge on any atom is -0.494 e. The molecule has 1 N–H and O–H groups in total. The van der Waals surface area contributed by atoms with Gasteiger partial charge in [0.15, 0.2) is 6.10 Å². The SMILES string of the molecule is CCCOc1ccc(C(=O)Oc2ccc(Br)cc2/C=N/NC(=O)C(C)Oc2ccc(-c3ccccc3)cc2)cc1. The second-order valence-corrected chi connectivity index (χ2v) is 9.74. The Kier molecular flexibility index (Phi) is 10.1. The normalized spacial score (nSPS) is 11.6. The molecule has 0 aliphatic carbocycles. The van der Waals surface area contributed by atoms with Gasteiger partial charge < -0.3 is 14.2 Å². The molecule has 1 atom stereocenters. The van der Waals surface area contributed by atoms with Gasteiger partial charge in [0, 0.05) is 10.0 Å². The average Bonchev–Trinajstić information content (AvgIpc) is 2.98. The zero-order valence-corrected chi connectivity index (χ0v) is 23.8. The van der Waals surface area contributed by atoms with Crippen LogP contribution in [-0.2, 0) is 4.79 Å². The van der Waals surface area contributed by atoms with Crippen LogP contribution in [0.15, 0.2) is 107 Å². The van der Waals surface area contributed by atoms with Crippen LogP contribution in [0.3, 0.4) is 0 Å². The Labute approximate surface area is 241 Å². The molecule has 0 aromatic heterocycles. The van der Waals surface area contributed by atoms with E-state index in [2.05, 4.69) is 26.5 Å². The standard InChI is InChI=1S/C32H29BrN2O5/c1-3-19-38-28-14-11-25(12-15-28)32(37)40-30-18-13-27(33)20-26(30)21-34-35-31(36)22(2)39-29-16-9-24(10-17-29)23-7-5-4-6-8-23/h4-18,20-22H,3,19H2,1-2H3,(H,35,36)/b34-21+. The van der Waals surface area contributed by atoms with Gasteiger partial charge in [-0.15, -0.1) is 0 Å². The van der Waals surface area contributed by atoms with Crippen LogP contribution in [0.2, 0.25) is 0 Å². The molecule has 8 heteroatoms. The van der Waals surface area contributed by atoms with Gasteiger partial charge in [-0.1, -0.05) is 65.3 Å². The Bertz CT molecular complexity index is 1460. The summed E-state index contributed by atoms with van der Waals surface area (Å²) >= 11 is 3.41. The van der Waals surface area contributed by atoms with Crippen molar-refractivity contribution in [3.8, 4) is 28.4 Å². The number of hydrogen-bond acceptors (Lipinski definition) is 6. The van der Waals surface area contributed by atoms with Crippen molar-refractivity contribution in [3.63, 3.8) is 0 Å². The summed E-state index contributed by atoms with van der Waals surface area (Å²) in [6.07, 6.45) is 1.52. The molecule has 204 valence electrons. The van der Waals surface area contributed by atoms with Crippen molar-refractivity contribution in [2.45, 2.75) is 26.4 Å². The van der Waals surface area contributed by atoms with Crippen LogP contribution in [0.4, 0.5) is 0 Å². The van der Waals surface area contributed by atoms with Crippen molar-refractivity contribution in [3.05, 3.63) is 113 Å². The van der Waals surface area contributed by atoms with E-state index in [-0.39, 0.29) is 0 Å². The Balaban J connectivity index is 1.34. The number of carbonyl (C=O) groups is 2. The number of halogens is 1. The first kappa shape index (κ1) is 28.6. The maximum Gasteiger partial charge on any atom is 0.343 e. The summed E-state index contributed by atoms with van der Waals surface area (Å²) in [5.41, 5.74) is 5.51. The molecule has 0 aliphatic heterocycles. The molecule has 0 spiro atoms. The second kappa shape index (κ2) is 14.1. The summed E-state index contributed by atoms with van der Waals surface area (Å²) < 4.78 is 17.7. The van der Waals surface area contributed by atoms with Crippen LogP contribution in [0.25, 0.3) is 11.1 Å². The molecule has 0 saturated carbocycles. The van der Waals surface area contributed by atoms with Crippen LogP contribution in [0, 0.1) is 0 Å². The van der Waals surface area contributed by atoms with Crippen molar-refractivity contribution in [1.82, 2.24) is 5.43 Å². The molecule has 40 heavy (non-hydrogen) atoms. The molecule has 4 aromatic rings. The Morgan fingerprint density at radius 1 is 0.900 bits per heavy atom. The number of hydrazone groups is 1. The van der Waals surface area contributed by atoms with Crippen molar-refractivity contribution >= 4 is 34.0 Å². The first-order valence-corrected chi connectivity index (χ1v) is 13.6. The molecule has 0 heterocycles. The number of ether oxygens (including phenoxy) is 3. The highest BCUT2D eigenvalue weighted by atomic mass is 79.9. The number of rotatable bonds is 11. The fraction of sp³-hybridized carbons (Fsp3) is 0.156. The van der Waals surface area contributed by atoms with Gasteiger partial charge in [0.1, 0.15) is 17.2 Å². The predicted octanol–water partition coefficient (Wildman–Crippen LogP) is 7.04. The largest absolute Gasteiger partial charge is 0.494 e. The fourth-order valence-corrected chi connectivity index (χ4v) is 4.03. The topological polar surface area (TPSA) is 86.2 Å². The highest BCUT2D eigenvalue weighted by molar-refractivity contribution is 9.10. The van der Waals surface area contributed by atoms with Crippen molar-refractivity contribution in [2.24, 2.45) is 5.10 Å². The lowest BCUT2D eigenvalue weighted by Gasteiger charge is -2.13. The van der Waals surface area contributed by atoms with E-state index in [1.54, 1.807) is 49.4 Å². The molecule has 0 radical (unpaired) electrons. The Morgan fingerprint density at radius 3 is 2.27 bits per heavy atom. The lowest BCUT2D eigenvalue weighted by molar-refractivity contribution is -0.127. The molecule has 0 saturated heterocycles. The van der Waals surface area contributed by atoms with E-state index >= 15 is 0 Å². The number of carbonyl (C=O) groups excluding carboxylic acids is 2. The monoisotopic (exact) mass is 600 g/mol. The van der Waals surface area contributed by atoms with E-state index in [9.17, 15) is 9.59 Å². The molecule has 4 rings (SSSR count). The van der Waals surface area contributed by atoms with E-state index in [1.807, 2.05) is 61.5 Å². The quantitative estimate of drug-likeness (QED) is 0.0863. The Morgan fingerprint density at radius 2 is 1.57 bits per heavy atom. The van der Waals surface area contributed by atoms with Gasteiger partial charge in [-0.25, -0.2) is 10.2 Å². The molecule has 0 aliphatic rings. The molecule has 4 aromatic carbocycles. The summed E-state index contributed by atoms with van der Waals surface area (Å²) in [5, 5.41) is 4.05. The van der Waals surface area contributed by atoms with Crippen molar-refractivity contribution in [2.75, 3.05) is 6.61 Å². The number of esters is 1. The lowest BCUT2D eigenvalue weighted by atomic mass is 10.1. The van der Waals surface area contributed by atoms with E-state index in [4.69, 9.17) is 14.2 Å². The number of amides is 1. The van der Waals surface area contributed by atoms with Gasteiger partial charge in [0.25, 0.3) is 5.91 Å². The van der Waals surface area contributed by atoms with Crippen LogP contribution in [0.1, 0.15) is 36.2 Å². The smallest absolute Gasteiger partial charge is 0.343 e. The summed E-state index contributed by atoms with van der Waals surface area (Å²) in [4.78, 5) is 25.3. The summed E-state index contributed by atoms with van der Waals surface area (Å²) in [6.45, 7) is 4.27. The first-order chi connectivity index (χ1) is 19.4. The Hall–Kier alpha value is -4.43.